The molecule has 0 aromatic carbocycles. The summed E-state index contributed by atoms with van der Waals surface area (Å²) in [4.78, 5) is 0. The molecule has 15 heavy (non-hydrogen) atoms. The molecule has 1 aliphatic heterocycles. The van der Waals surface area contributed by atoms with Gasteiger partial charge in [-0.25, -0.2) is 0 Å². The molecule has 0 spiro atoms. The molecule has 0 radical (unpaired) electrons. The Hall–Kier alpha value is -0.743. The van der Waals surface area contributed by atoms with Crippen molar-refractivity contribution in [3.63, 3.8) is 0 Å². The Labute approximate surface area is 93.5 Å². The smallest absolute Gasteiger partial charge is 0.202 e. The number of terminal acetylenes is 1. The SMILES string of the molecule is C#C[C@](O)(C#C[Si](C)(C)C)[C@H]1CCCN1. The van der Waals surface area contributed by atoms with Crippen molar-refractivity contribution in [1.82, 2.24) is 5.32 Å². The minimum atomic E-state index is -1.48. The molecule has 0 aliphatic carbocycles. The van der Waals surface area contributed by atoms with Crippen LogP contribution in [0.15, 0.2) is 0 Å². The van der Waals surface area contributed by atoms with Gasteiger partial charge in [0.15, 0.2) is 0 Å². The minimum Gasteiger partial charge on any atom is -0.366 e. The Morgan fingerprint density at radius 1 is 1.47 bits per heavy atom. The summed E-state index contributed by atoms with van der Waals surface area (Å²) < 4.78 is 0. The molecule has 0 amide bonds. The first-order valence-corrected chi connectivity index (χ1v) is 8.85. The predicted octanol–water partition coefficient (Wildman–Crippen LogP) is 0.983. The van der Waals surface area contributed by atoms with Crippen LogP contribution in [0.5, 0.6) is 0 Å². The first-order chi connectivity index (χ1) is 6.87. The van der Waals surface area contributed by atoms with Crippen LogP contribution in [0, 0.1) is 23.8 Å². The highest BCUT2D eigenvalue weighted by Gasteiger charge is 2.35. The van der Waals surface area contributed by atoms with Crippen molar-refractivity contribution in [2.24, 2.45) is 0 Å². The maximum absolute atomic E-state index is 10.2. The van der Waals surface area contributed by atoms with Gasteiger partial charge in [-0.15, -0.1) is 12.0 Å². The molecule has 0 aromatic rings. The van der Waals surface area contributed by atoms with Crippen LogP contribution in [0.25, 0.3) is 0 Å². The average molecular weight is 221 g/mol. The lowest BCUT2D eigenvalue weighted by atomic mass is 9.95. The van der Waals surface area contributed by atoms with Gasteiger partial charge in [-0.1, -0.05) is 31.5 Å². The number of hydrogen-bond acceptors (Lipinski definition) is 2. The van der Waals surface area contributed by atoms with Gasteiger partial charge in [-0.2, -0.15) is 0 Å². The zero-order valence-electron chi connectivity index (χ0n) is 9.72. The van der Waals surface area contributed by atoms with Gasteiger partial charge in [0, 0.05) is 0 Å². The van der Waals surface area contributed by atoms with Crippen LogP contribution >= 0.6 is 0 Å². The second kappa shape index (κ2) is 4.41. The average Bonchev–Trinajstić information content (AvgIpc) is 2.66. The fraction of sp³-hybridized carbons (Fsp3) is 0.667. The highest BCUT2D eigenvalue weighted by Crippen LogP contribution is 2.18. The van der Waals surface area contributed by atoms with Gasteiger partial charge < -0.3 is 10.4 Å². The molecule has 1 fully saturated rings. The van der Waals surface area contributed by atoms with Crippen molar-refractivity contribution in [2.75, 3.05) is 6.54 Å². The molecule has 0 bridgehead atoms. The third-order valence-electron chi connectivity index (χ3n) is 2.41. The zero-order chi connectivity index (χ0) is 11.5. The van der Waals surface area contributed by atoms with E-state index in [0.29, 0.717) is 0 Å². The van der Waals surface area contributed by atoms with E-state index in [2.05, 4.69) is 42.3 Å². The maximum atomic E-state index is 10.2. The maximum Gasteiger partial charge on any atom is 0.202 e. The first kappa shape index (κ1) is 12.3. The van der Waals surface area contributed by atoms with Gasteiger partial charge in [0.25, 0.3) is 0 Å². The summed E-state index contributed by atoms with van der Waals surface area (Å²) in [6.45, 7) is 7.33. The molecule has 82 valence electrons. The standard InChI is InChI=1S/C12H19NOSi/c1-5-12(14,8-10-15(2,3)4)11-7-6-9-13-11/h1,11,13-14H,6-7,9H2,2-4H3/t11-,12+/m1/s1. The van der Waals surface area contributed by atoms with E-state index in [4.69, 9.17) is 6.42 Å². The molecule has 2 atom stereocenters. The van der Waals surface area contributed by atoms with E-state index in [1.807, 2.05) is 0 Å². The fourth-order valence-electron chi connectivity index (χ4n) is 1.55. The molecule has 2 nitrogen and oxygen atoms in total. The van der Waals surface area contributed by atoms with E-state index >= 15 is 0 Å². The highest BCUT2D eigenvalue weighted by molar-refractivity contribution is 6.83. The lowest BCUT2D eigenvalue weighted by molar-refractivity contribution is 0.123. The summed E-state index contributed by atoms with van der Waals surface area (Å²) >= 11 is 0. The highest BCUT2D eigenvalue weighted by atomic mass is 28.3. The lowest BCUT2D eigenvalue weighted by Crippen LogP contribution is -2.46. The third-order valence-corrected chi connectivity index (χ3v) is 3.29. The molecular weight excluding hydrogens is 202 g/mol. The van der Waals surface area contributed by atoms with Crippen molar-refractivity contribution < 1.29 is 5.11 Å². The summed E-state index contributed by atoms with van der Waals surface area (Å²) in [5.41, 5.74) is 1.87. The van der Waals surface area contributed by atoms with E-state index in [1.165, 1.54) is 0 Å². The lowest BCUT2D eigenvalue weighted by Gasteiger charge is -2.23. The van der Waals surface area contributed by atoms with E-state index in [1.54, 1.807) is 0 Å². The Bertz CT molecular complexity index is 322. The van der Waals surface area contributed by atoms with E-state index in [9.17, 15) is 5.11 Å². The van der Waals surface area contributed by atoms with Crippen molar-refractivity contribution in [2.45, 2.75) is 44.1 Å². The third kappa shape index (κ3) is 3.39. The molecule has 2 N–H and O–H groups in total. The Morgan fingerprint density at radius 2 is 2.13 bits per heavy atom. The normalized spacial score (nSPS) is 24.9. The summed E-state index contributed by atoms with van der Waals surface area (Å²) in [5.74, 6) is 5.33. The molecule has 0 aromatic heterocycles. The summed E-state index contributed by atoms with van der Waals surface area (Å²) in [6, 6.07) is -0.0636. The van der Waals surface area contributed by atoms with Crippen LogP contribution in [0.4, 0.5) is 0 Å². The van der Waals surface area contributed by atoms with Crippen LogP contribution < -0.4 is 5.32 Å². The largest absolute Gasteiger partial charge is 0.366 e. The fourth-order valence-corrected chi connectivity index (χ4v) is 2.11. The molecule has 3 heteroatoms. The van der Waals surface area contributed by atoms with Crippen molar-refractivity contribution >= 4 is 8.07 Å². The van der Waals surface area contributed by atoms with E-state index < -0.39 is 13.7 Å². The van der Waals surface area contributed by atoms with Crippen molar-refractivity contribution in [3.05, 3.63) is 0 Å². The quantitative estimate of drug-likeness (QED) is 0.511. The summed E-state index contributed by atoms with van der Waals surface area (Å²) in [7, 11) is -1.48. The summed E-state index contributed by atoms with van der Waals surface area (Å²) in [6.07, 6.45) is 7.35. The van der Waals surface area contributed by atoms with Crippen molar-refractivity contribution in [3.8, 4) is 23.8 Å². The van der Waals surface area contributed by atoms with Gasteiger partial charge >= 0.3 is 0 Å². The molecule has 0 unspecified atom stereocenters. The van der Waals surface area contributed by atoms with Crippen LogP contribution in [0.3, 0.4) is 0 Å². The Morgan fingerprint density at radius 3 is 2.53 bits per heavy atom. The zero-order valence-corrected chi connectivity index (χ0v) is 10.7. The number of rotatable bonds is 1. The van der Waals surface area contributed by atoms with Crippen molar-refractivity contribution in [1.29, 1.82) is 0 Å². The topological polar surface area (TPSA) is 32.3 Å². The van der Waals surface area contributed by atoms with Crippen LogP contribution in [0.1, 0.15) is 12.8 Å². The second-order valence-electron chi connectivity index (χ2n) is 5.06. The number of hydrogen-bond donors (Lipinski definition) is 2. The van der Waals surface area contributed by atoms with Gasteiger partial charge in [-0.3, -0.25) is 0 Å². The predicted molar refractivity (Wildman–Crippen MR) is 65.9 cm³/mol. The first-order valence-electron chi connectivity index (χ1n) is 5.35. The second-order valence-corrected chi connectivity index (χ2v) is 9.81. The van der Waals surface area contributed by atoms with E-state index in [-0.39, 0.29) is 6.04 Å². The minimum absolute atomic E-state index is 0.0636. The molecular formula is C12H19NOSi. The molecule has 0 saturated carbocycles. The molecule has 1 aliphatic rings. The number of nitrogens with one attached hydrogen (secondary N) is 1. The van der Waals surface area contributed by atoms with Crippen LogP contribution in [0.2, 0.25) is 19.6 Å². The Balaban J connectivity index is 2.85. The van der Waals surface area contributed by atoms with Crippen LogP contribution in [-0.2, 0) is 0 Å². The van der Waals surface area contributed by atoms with Gasteiger partial charge in [0.2, 0.25) is 5.60 Å². The molecule has 1 saturated heterocycles. The monoisotopic (exact) mass is 221 g/mol. The van der Waals surface area contributed by atoms with Gasteiger partial charge in [-0.05, 0) is 19.4 Å². The van der Waals surface area contributed by atoms with E-state index in [0.717, 1.165) is 19.4 Å². The van der Waals surface area contributed by atoms with Gasteiger partial charge in [0.05, 0.1) is 6.04 Å². The van der Waals surface area contributed by atoms with Crippen LogP contribution in [-0.4, -0.2) is 31.4 Å². The molecule has 1 heterocycles. The summed E-state index contributed by atoms with van der Waals surface area (Å²) in [5, 5.41) is 13.4. The molecule has 1 rings (SSSR count). The van der Waals surface area contributed by atoms with Gasteiger partial charge in [0.1, 0.15) is 8.07 Å². The number of aliphatic hydroxyl groups is 1. The Kier molecular flexibility index (Phi) is 3.62.